The van der Waals surface area contributed by atoms with E-state index >= 15 is 0 Å². The molecule has 0 spiro atoms. The Bertz CT molecular complexity index is 402. The molecule has 0 aliphatic carbocycles. The summed E-state index contributed by atoms with van der Waals surface area (Å²) in [6, 6.07) is 8.93. The van der Waals surface area contributed by atoms with Crippen molar-refractivity contribution in [3.63, 3.8) is 0 Å². The highest BCUT2D eigenvalue weighted by atomic mass is 16.5. The summed E-state index contributed by atoms with van der Waals surface area (Å²) in [5.74, 6) is 0.257. The Morgan fingerprint density at radius 1 is 1.33 bits per heavy atom. The van der Waals surface area contributed by atoms with E-state index in [1.807, 2.05) is 6.07 Å². The summed E-state index contributed by atoms with van der Waals surface area (Å²) in [7, 11) is 0. The molecule has 15 heavy (non-hydrogen) atoms. The molecule has 1 aromatic rings. The maximum absolute atomic E-state index is 11.0. The first kappa shape index (κ1) is 10.9. The van der Waals surface area contributed by atoms with Crippen LogP contribution in [0.25, 0.3) is 0 Å². The highest BCUT2D eigenvalue weighted by Crippen LogP contribution is 2.01. The van der Waals surface area contributed by atoms with Crippen LogP contribution in [0.2, 0.25) is 0 Å². The van der Waals surface area contributed by atoms with E-state index in [2.05, 4.69) is 0 Å². The van der Waals surface area contributed by atoms with Crippen LogP contribution in [0, 0.1) is 0 Å². The Balaban J connectivity index is 2.55. The van der Waals surface area contributed by atoms with Gasteiger partial charge in [0.1, 0.15) is 12.5 Å². The number of hydrogen-bond acceptors (Lipinski definition) is 4. The lowest BCUT2D eigenvalue weighted by Crippen LogP contribution is -2.09. The molecule has 0 radical (unpaired) electrons. The largest absolute Gasteiger partial charge is 0.457 e. The second kappa shape index (κ2) is 5.52. The van der Waals surface area contributed by atoms with Gasteiger partial charge in [-0.1, -0.05) is 30.3 Å². The van der Waals surface area contributed by atoms with E-state index in [0.29, 0.717) is 0 Å². The van der Waals surface area contributed by atoms with Crippen LogP contribution in [0.5, 0.6) is 0 Å². The number of rotatable bonds is 4. The molecule has 1 rings (SSSR count). The molecule has 0 bridgehead atoms. The van der Waals surface area contributed by atoms with Gasteiger partial charge in [0.05, 0.1) is 0 Å². The number of ether oxygens (including phenoxy) is 1. The fourth-order valence-corrected chi connectivity index (χ4v) is 0.915. The van der Waals surface area contributed by atoms with E-state index in [9.17, 15) is 14.4 Å². The first-order valence-corrected chi connectivity index (χ1v) is 4.19. The van der Waals surface area contributed by atoms with Gasteiger partial charge in [-0.3, -0.25) is 4.79 Å². The third-order valence-corrected chi connectivity index (χ3v) is 1.66. The molecular weight excluding hydrogens is 196 g/mol. The number of carbonyl (C=O) groups is 2. The lowest BCUT2D eigenvalue weighted by molar-refractivity contribution is -0.140. The topological polar surface area (TPSA) is 60.4 Å². The van der Waals surface area contributed by atoms with Gasteiger partial charge in [0, 0.05) is 0 Å². The lowest BCUT2D eigenvalue weighted by Gasteiger charge is -2.01. The molecule has 0 saturated carbocycles. The molecule has 0 fully saturated rings. The molecule has 0 aromatic heterocycles. The average molecular weight is 204 g/mol. The molecular formula is C11H8O4. The van der Waals surface area contributed by atoms with Crippen LogP contribution in [0.1, 0.15) is 5.56 Å². The Hall–Kier alpha value is -2.19. The molecule has 0 N–H and O–H groups in total. The minimum absolute atomic E-state index is 0.0265. The van der Waals surface area contributed by atoms with Crippen LogP contribution in [0.15, 0.2) is 35.9 Å². The Kier molecular flexibility index (Phi) is 4.01. The van der Waals surface area contributed by atoms with Crippen molar-refractivity contribution in [2.75, 3.05) is 0 Å². The van der Waals surface area contributed by atoms with Crippen molar-refractivity contribution in [1.82, 2.24) is 0 Å². The quantitative estimate of drug-likeness (QED) is 0.181. The minimum Gasteiger partial charge on any atom is -0.457 e. The van der Waals surface area contributed by atoms with E-state index in [0.717, 1.165) is 5.56 Å². The molecule has 0 aliphatic rings. The minimum atomic E-state index is -0.955. The van der Waals surface area contributed by atoms with Gasteiger partial charge in [-0.05, 0) is 5.56 Å². The number of benzene rings is 1. The van der Waals surface area contributed by atoms with Crippen LogP contribution in [0.4, 0.5) is 0 Å². The summed E-state index contributed by atoms with van der Waals surface area (Å²) in [6.07, 6.45) is 0.125. The van der Waals surface area contributed by atoms with Crippen LogP contribution in [-0.4, -0.2) is 18.2 Å². The van der Waals surface area contributed by atoms with Gasteiger partial charge in [0.15, 0.2) is 11.9 Å². The smallest absolute Gasteiger partial charge is 0.353 e. The second-order valence-corrected chi connectivity index (χ2v) is 2.70. The highest BCUT2D eigenvalue weighted by molar-refractivity contribution is 6.14. The van der Waals surface area contributed by atoms with Gasteiger partial charge in [0.25, 0.3) is 0 Å². The molecule has 1 aromatic carbocycles. The number of hydrogen-bond donors (Lipinski definition) is 0. The van der Waals surface area contributed by atoms with Crippen molar-refractivity contribution in [3.8, 4) is 0 Å². The van der Waals surface area contributed by atoms with E-state index in [1.165, 1.54) is 5.94 Å². The number of esters is 1. The summed E-state index contributed by atoms with van der Waals surface area (Å²) in [5.41, 5.74) is 0.146. The summed E-state index contributed by atoms with van der Waals surface area (Å²) in [4.78, 5) is 31.3. The normalized spacial score (nSPS) is 8.80. The van der Waals surface area contributed by atoms with Crippen molar-refractivity contribution in [2.45, 2.75) is 6.61 Å². The first-order valence-electron chi connectivity index (χ1n) is 4.19. The predicted octanol–water partition coefficient (Wildman–Crippen LogP) is 0.687. The lowest BCUT2D eigenvalue weighted by atomic mass is 10.2. The summed E-state index contributed by atoms with van der Waals surface area (Å²) in [6.45, 7) is 0.0265. The fraction of sp³-hybridized carbons (Fsp3) is 0.0909. The summed E-state index contributed by atoms with van der Waals surface area (Å²) < 4.78 is 4.70. The van der Waals surface area contributed by atoms with Crippen molar-refractivity contribution in [2.24, 2.45) is 0 Å². The zero-order chi connectivity index (χ0) is 11.1. The molecule has 0 heterocycles. The number of aldehydes is 1. The molecule has 0 unspecified atom stereocenters. The summed E-state index contributed by atoms with van der Waals surface area (Å²) in [5, 5.41) is 0. The van der Waals surface area contributed by atoms with Gasteiger partial charge < -0.3 is 4.74 Å². The molecule has 0 aliphatic heterocycles. The molecule has 76 valence electrons. The SMILES string of the molecule is O=C=C(C=O)C(=O)OCc1ccccc1. The van der Waals surface area contributed by atoms with E-state index in [-0.39, 0.29) is 12.9 Å². The monoisotopic (exact) mass is 204 g/mol. The van der Waals surface area contributed by atoms with Crippen molar-refractivity contribution in [3.05, 3.63) is 41.5 Å². The van der Waals surface area contributed by atoms with Crippen LogP contribution in [-0.2, 0) is 25.7 Å². The highest BCUT2D eigenvalue weighted by Gasteiger charge is 2.10. The van der Waals surface area contributed by atoms with Crippen LogP contribution >= 0.6 is 0 Å². The van der Waals surface area contributed by atoms with Crippen LogP contribution < -0.4 is 0 Å². The first-order chi connectivity index (χ1) is 7.27. The van der Waals surface area contributed by atoms with E-state index in [1.54, 1.807) is 24.3 Å². The third kappa shape index (κ3) is 3.21. The van der Waals surface area contributed by atoms with Gasteiger partial charge in [-0.2, -0.15) is 0 Å². The fourth-order valence-electron chi connectivity index (χ4n) is 0.915. The van der Waals surface area contributed by atoms with Crippen LogP contribution in [0.3, 0.4) is 0 Å². The van der Waals surface area contributed by atoms with E-state index in [4.69, 9.17) is 4.74 Å². The maximum Gasteiger partial charge on any atom is 0.353 e. The van der Waals surface area contributed by atoms with Gasteiger partial charge in [-0.25, -0.2) is 9.59 Å². The molecule has 0 amide bonds. The standard InChI is InChI=1S/C11H8O4/c12-6-10(7-13)11(14)15-8-9-4-2-1-3-5-9/h1-6H,8H2. The summed E-state index contributed by atoms with van der Waals surface area (Å²) >= 11 is 0. The molecule has 0 saturated heterocycles. The van der Waals surface area contributed by atoms with Crippen molar-refractivity contribution >= 4 is 18.2 Å². The molecule has 4 heteroatoms. The van der Waals surface area contributed by atoms with E-state index < -0.39 is 11.5 Å². The van der Waals surface area contributed by atoms with Gasteiger partial charge in [-0.15, -0.1) is 0 Å². The average Bonchev–Trinajstić information content (AvgIpc) is 2.29. The zero-order valence-electron chi connectivity index (χ0n) is 7.80. The third-order valence-electron chi connectivity index (χ3n) is 1.66. The Labute approximate surface area is 86.2 Å². The Morgan fingerprint density at radius 2 is 2.00 bits per heavy atom. The maximum atomic E-state index is 11.0. The molecule has 4 nitrogen and oxygen atoms in total. The zero-order valence-corrected chi connectivity index (χ0v) is 7.80. The van der Waals surface area contributed by atoms with Gasteiger partial charge in [0.2, 0.25) is 0 Å². The second-order valence-electron chi connectivity index (χ2n) is 2.70. The van der Waals surface area contributed by atoms with Gasteiger partial charge >= 0.3 is 5.97 Å². The van der Waals surface area contributed by atoms with Crippen molar-refractivity contribution in [1.29, 1.82) is 0 Å². The molecule has 0 atom stereocenters. The Morgan fingerprint density at radius 3 is 2.53 bits per heavy atom. The predicted molar refractivity (Wildman–Crippen MR) is 51.5 cm³/mol. The number of carbonyl (C=O) groups excluding carboxylic acids is 3. The van der Waals surface area contributed by atoms with Crippen molar-refractivity contribution < 1.29 is 19.1 Å².